The highest BCUT2D eigenvalue weighted by Gasteiger charge is 2.27. The number of hydrogen-bond donors (Lipinski definition) is 0. The fourth-order valence-corrected chi connectivity index (χ4v) is 2.42. The number of alkyl halides is 1. The van der Waals surface area contributed by atoms with Crippen molar-refractivity contribution in [2.45, 2.75) is 31.4 Å². The third-order valence-electron chi connectivity index (χ3n) is 3.33. The third-order valence-corrected chi connectivity index (χ3v) is 3.64. The fraction of sp³-hybridized carbons (Fsp3) is 0.538. The predicted octanol–water partition coefficient (Wildman–Crippen LogP) is 3.04. The second-order valence-corrected chi connectivity index (χ2v) is 4.61. The maximum Gasteiger partial charge on any atom is 0.0750 e. The molecule has 1 heterocycles. The molecule has 1 fully saturated rings. The van der Waals surface area contributed by atoms with Gasteiger partial charge in [-0.05, 0) is 31.0 Å². The lowest BCUT2D eigenvalue weighted by molar-refractivity contribution is 0.118. The molecule has 0 aliphatic carbocycles. The topological polar surface area (TPSA) is 12.5 Å². The van der Waals surface area contributed by atoms with Gasteiger partial charge in [-0.25, -0.2) is 0 Å². The zero-order valence-electron chi connectivity index (χ0n) is 9.82. The summed E-state index contributed by atoms with van der Waals surface area (Å²) >= 11 is 5.78. The predicted molar refractivity (Wildman–Crippen MR) is 68.2 cm³/mol. The third kappa shape index (κ3) is 2.33. The van der Waals surface area contributed by atoms with Crippen molar-refractivity contribution in [2.75, 3.05) is 18.6 Å². The van der Waals surface area contributed by atoms with E-state index in [9.17, 15) is 0 Å². The van der Waals surface area contributed by atoms with Gasteiger partial charge in [0.25, 0.3) is 0 Å². The number of likely N-dealkylation sites (N-methyl/N-ethyl adjacent to an activating group) is 1. The normalized spacial score (nSPS) is 24.7. The van der Waals surface area contributed by atoms with E-state index in [2.05, 4.69) is 43.1 Å². The van der Waals surface area contributed by atoms with Gasteiger partial charge in [0.1, 0.15) is 0 Å². The van der Waals surface area contributed by atoms with Gasteiger partial charge in [0.15, 0.2) is 0 Å². The Kier molecular flexibility index (Phi) is 3.72. The molecule has 0 radical (unpaired) electrons. The van der Waals surface area contributed by atoms with Gasteiger partial charge in [0.05, 0.1) is 12.1 Å². The van der Waals surface area contributed by atoms with E-state index in [4.69, 9.17) is 16.3 Å². The first-order valence-electron chi connectivity index (χ1n) is 5.71. The molecule has 0 bridgehead atoms. The summed E-state index contributed by atoms with van der Waals surface area (Å²) in [6.45, 7) is 3.01. The van der Waals surface area contributed by atoms with Gasteiger partial charge >= 0.3 is 0 Å². The van der Waals surface area contributed by atoms with Crippen molar-refractivity contribution < 1.29 is 4.74 Å². The minimum atomic E-state index is 0.317. The van der Waals surface area contributed by atoms with Crippen LogP contribution in [0.3, 0.4) is 0 Å². The molecule has 0 saturated carbocycles. The van der Waals surface area contributed by atoms with E-state index in [1.54, 1.807) is 0 Å². The smallest absolute Gasteiger partial charge is 0.0750 e. The monoisotopic (exact) mass is 239 g/mol. The minimum Gasteiger partial charge on any atom is -0.376 e. The van der Waals surface area contributed by atoms with Gasteiger partial charge < -0.3 is 9.64 Å². The lowest BCUT2D eigenvalue weighted by Crippen LogP contribution is -2.36. The molecule has 0 amide bonds. The van der Waals surface area contributed by atoms with E-state index >= 15 is 0 Å². The SMILES string of the molecule is CC1OCCC1N(C)c1ccc(CCl)cc1. The molecule has 2 nitrogen and oxygen atoms in total. The van der Waals surface area contributed by atoms with E-state index in [1.165, 1.54) is 5.69 Å². The van der Waals surface area contributed by atoms with Crippen LogP contribution in [0.25, 0.3) is 0 Å². The highest BCUT2D eigenvalue weighted by atomic mass is 35.5. The van der Waals surface area contributed by atoms with Gasteiger partial charge in [-0.1, -0.05) is 12.1 Å². The van der Waals surface area contributed by atoms with Crippen LogP contribution in [0.15, 0.2) is 24.3 Å². The van der Waals surface area contributed by atoms with Gasteiger partial charge in [0.2, 0.25) is 0 Å². The van der Waals surface area contributed by atoms with Crippen molar-refractivity contribution in [3.05, 3.63) is 29.8 Å². The van der Waals surface area contributed by atoms with E-state index in [0.29, 0.717) is 18.0 Å². The summed E-state index contributed by atoms with van der Waals surface area (Å²) in [6, 6.07) is 8.91. The molecule has 1 aromatic rings. The number of hydrogen-bond acceptors (Lipinski definition) is 2. The van der Waals surface area contributed by atoms with E-state index in [0.717, 1.165) is 18.6 Å². The Balaban J connectivity index is 2.10. The molecule has 16 heavy (non-hydrogen) atoms. The number of rotatable bonds is 3. The largest absolute Gasteiger partial charge is 0.376 e. The molecule has 1 aromatic carbocycles. The van der Waals surface area contributed by atoms with Gasteiger partial charge in [-0.3, -0.25) is 0 Å². The maximum atomic E-state index is 5.78. The lowest BCUT2D eigenvalue weighted by atomic mass is 10.1. The van der Waals surface area contributed by atoms with Gasteiger partial charge in [0, 0.05) is 25.2 Å². The van der Waals surface area contributed by atoms with Gasteiger partial charge in [-0.15, -0.1) is 11.6 Å². The van der Waals surface area contributed by atoms with Crippen LogP contribution < -0.4 is 4.90 Å². The molecule has 0 aromatic heterocycles. The molecule has 0 N–H and O–H groups in total. The van der Waals surface area contributed by atoms with Gasteiger partial charge in [-0.2, -0.15) is 0 Å². The molecule has 3 heteroatoms. The molecule has 2 unspecified atom stereocenters. The zero-order chi connectivity index (χ0) is 11.5. The van der Waals surface area contributed by atoms with Crippen LogP contribution in [0.4, 0.5) is 5.69 Å². The van der Waals surface area contributed by atoms with Crippen molar-refractivity contribution >= 4 is 17.3 Å². The molecule has 2 atom stereocenters. The first-order valence-corrected chi connectivity index (χ1v) is 6.25. The number of anilines is 1. The zero-order valence-corrected chi connectivity index (χ0v) is 10.6. The first-order chi connectivity index (χ1) is 7.72. The highest BCUT2D eigenvalue weighted by molar-refractivity contribution is 6.17. The molecular formula is C13H18ClNO. The highest BCUT2D eigenvalue weighted by Crippen LogP contribution is 2.24. The average molecular weight is 240 g/mol. The molecule has 0 spiro atoms. The summed E-state index contributed by atoms with van der Waals surface area (Å²) < 4.78 is 5.59. The summed E-state index contributed by atoms with van der Waals surface area (Å²) in [4.78, 5) is 2.30. The van der Waals surface area contributed by atoms with E-state index in [1.807, 2.05) is 0 Å². The number of nitrogens with zero attached hydrogens (tertiary/aromatic N) is 1. The van der Waals surface area contributed by atoms with Crippen molar-refractivity contribution in [1.29, 1.82) is 0 Å². The fourth-order valence-electron chi connectivity index (χ4n) is 2.24. The summed E-state index contributed by atoms with van der Waals surface area (Å²) in [5.41, 5.74) is 2.39. The van der Waals surface area contributed by atoms with Crippen molar-refractivity contribution in [3.63, 3.8) is 0 Å². The maximum absolute atomic E-state index is 5.78. The van der Waals surface area contributed by atoms with Crippen LogP contribution in [0, 0.1) is 0 Å². The Bertz CT molecular complexity index is 338. The lowest BCUT2D eigenvalue weighted by Gasteiger charge is -2.28. The van der Waals surface area contributed by atoms with Crippen LogP contribution >= 0.6 is 11.6 Å². The standard InChI is InChI=1S/C13H18ClNO/c1-10-13(7-8-16-10)15(2)12-5-3-11(9-14)4-6-12/h3-6,10,13H,7-9H2,1-2H3. The molecule has 2 rings (SSSR count). The molecule has 1 aliphatic heterocycles. The Morgan fingerprint density at radius 2 is 2.06 bits per heavy atom. The Labute approximate surface area is 102 Å². The summed E-state index contributed by atoms with van der Waals surface area (Å²) in [5.74, 6) is 0.576. The summed E-state index contributed by atoms with van der Waals surface area (Å²) in [5, 5.41) is 0. The van der Waals surface area contributed by atoms with Crippen LogP contribution in [0.5, 0.6) is 0 Å². The quantitative estimate of drug-likeness (QED) is 0.752. The number of ether oxygens (including phenoxy) is 1. The Morgan fingerprint density at radius 1 is 1.38 bits per heavy atom. The first kappa shape index (κ1) is 11.7. The van der Waals surface area contributed by atoms with Crippen LogP contribution in [-0.2, 0) is 10.6 Å². The molecular weight excluding hydrogens is 222 g/mol. The van der Waals surface area contributed by atoms with Crippen LogP contribution in [0.1, 0.15) is 18.9 Å². The molecule has 1 aliphatic rings. The van der Waals surface area contributed by atoms with Crippen molar-refractivity contribution in [3.8, 4) is 0 Å². The van der Waals surface area contributed by atoms with E-state index in [-0.39, 0.29) is 0 Å². The molecule has 1 saturated heterocycles. The van der Waals surface area contributed by atoms with E-state index < -0.39 is 0 Å². The number of benzene rings is 1. The Morgan fingerprint density at radius 3 is 2.56 bits per heavy atom. The second kappa shape index (κ2) is 5.07. The van der Waals surface area contributed by atoms with Crippen molar-refractivity contribution in [1.82, 2.24) is 0 Å². The molecule has 88 valence electrons. The summed E-state index contributed by atoms with van der Waals surface area (Å²) in [6.07, 6.45) is 1.42. The average Bonchev–Trinajstić information content (AvgIpc) is 2.75. The van der Waals surface area contributed by atoms with Crippen molar-refractivity contribution in [2.24, 2.45) is 0 Å². The van der Waals surface area contributed by atoms with Crippen LogP contribution in [0.2, 0.25) is 0 Å². The van der Waals surface area contributed by atoms with Crippen LogP contribution in [-0.4, -0.2) is 25.8 Å². The minimum absolute atomic E-state index is 0.317. The second-order valence-electron chi connectivity index (χ2n) is 4.34. The Hall–Kier alpha value is -0.730. The number of halogens is 1. The summed E-state index contributed by atoms with van der Waals surface area (Å²) in [7, 11) is 2.13.